The van der Waals surface area contributed by atoms with Crippen LogP contribution in [0.3, 0.4) is 0 Å². The molecule has 0 bridgehead atoms. The lowest BCUT2D eigenvalue weighted by molar-refractivity contribution is 0.954. The van der Waals surface area contributed by atoms with Crippen molar-refractivity contribution in [1.82, 2.24) is 28.7 Å². The number of benzene rings is 11. The van der Waals surface area contributed by atoms with Crippen molar-refractivity contribution in [3.05, 3.63) is 279 Å². The minimum absolute atomic E-state index is 0.412. The first-order valence-corrected chi connectivity index (χ1v) is 29.6. The summed E-state index contributed by atoms with van der Waals surface area (Å²) >= 11 is 0. The molecule has 0 amide bonds. The summed E-state index contributed by atoms with van der Waals surface area (Å²) in [5.41, 5.74) is 26.3. The molecule has 4 heterocycles. The zero-order valence-corrected chi connectivity index (χ0v) is 49.3. The largest absolute Gasteiger partial charge is 0.317 e. The third kappa shape index (κ3) is 7.69. The fraction of sp³-hybridized carbons (Fsp3) is 0.114. The van der Waals surface area contributed by atoms with Gasteiger partial charge in [-0.3, -0.25) is 0 Å². The summed E-state index contributed by atoms with van der Waals surface area (Å²) in [6.45, 7) is 27.8. The van der Waals surface area contributed by atoms with Crippen LogP contribution in [0.5, 0.6) is 0 Å². The van der Waals surface area contributed by atoms with E-state index in [0.717, 1.165) is 121 Å². The van der Waals surface area contributed by atoms with Gasteiger partial charge in [0.1, 0.15) is 0 Å². The fourth-order valence-electron chi connectivity index (χ4n) is 14.2. The van der Waals surface area contributed by atoms with Crippen LogP contribution in [0, 0.1) is 62.0 Å². The zero-order valence-electron chi connectivity index (χ0n) is 49.3. The molecule has 16 rings (SSSR count). The highest BCUT2D eigenvalue weighted by atomic mass is 15.1. The Hall–Kier alpha value is -10.7. The van der Waals surface area contributed by atoms with E-state index in [1.165, 1.54) is 44.5 Å². The maximum absolute atomic E-state index is 10.3. The van der Waals surface area contributed by atoms with Gasteiger partial charge in [0, 0.05) is 54.9 Å². The summed E-state index contributed by atoms with van der Waals surface area (Å²) in [6.07, 6.45) is 0. The second kappa shape index (κ2) is 19.2. The molecule has 0 atom stereocenters. The molecule has 0 spiro atoms. The maximum Gasteiger partial charge on any atom is 0.223 e. The Balaban J connectivity index is 1.26. The predicted octanol–water partition coefficient (Wildman–Crippen LogP) is 20.3. The van der Waals surface area contributed by atoms with E-state index in [1.54, 1.807) is 0 Å². The predicted molar refractivity (Wildman–Crippen MR) is 356 cm³/mol. The number of hydrogen-bond donors (Lipinski definition) is 0. The van der Waals surface area contributed by atoms with Crippen molar-refractivity contribution in [3.63, 3.8) is 0 Å². The average molecular weight is 1110 g/mol. The van der Waals surface area contributed by atoms with Crippen molar-refractivity contribution >= 4 is 71.1 Å². The summed E-state index contributed by atoms with van der Waals surface area (Å²) in [5.74, 6) is 0.998. The minimum atomic E-state index is -0.443. The van der Waals surface area contributed by atoms with E-state index < -0.39 is 5.92 Å². The number of rotatable bonds is 7. The Bertz CT molecular complexity index is 5170. The third-order valence-corrected chi connectivity index (χ3v) is 18.0. The highest BCUT2D eigenvalue weighted by Crippen LogP contribution is 2.59. The lowest BCUT2D eigenvalue weighted by Gasteiger charge is -2.31. The summed E-state index contributed by atoms with van der Waals surface area (Å²) in [5, 5.41) is 6.78. The van der Waals surface area contributed by atoms with E-state index in [9.17, 15) is 6.57 Å². The molecule has 0 radical (unpaired) electrons. The molecular weight excluding hydrogens is 1050 g/mol. The normalized spacial score (nSPS) is 12.4. The molecule has 7 nitrogen and oxygen atoms in total. The number of hydrogen-bond acceptors (Lipinski definition) is 3. The molecule has 0 saturated heterocycles. The molecule has 86 heavy (non-hydrogen) atoms. The molecule has 0 fully saturated rings. The van der Waals surface area contributed by atoms with Crippen LogP contribution in [0.25, 0.3) is 133 Å². The summed E-state index contributed by atoms with van der Waals surface area (Å²) in [7, 11) is 0. The van der Waals surface area contributed by atoms with Crippen molar-refractivity contribution in [3.8, 4) is 62.4 Å². The quantitative estimate of drug-likeness (QED) is 0.149. The first kappa shape index (κ1) is 51.0. The average Bonchev–Trinajstić information content (AvgIpc) is 1.44. The van der Waals surface area contributed by atoms with Crippen molar-refractivity contribution in [2.45, 2.75) is 61.3 Å². The van der Waals surface area contributed by atoms with Crippen molar-refractivity contribution in [2.24, 2.45) is 0 Å². The molecular formula is C79H59N7. The zero-order chi connectivity index (χ0) is 58.4. The molecule has 0 unspecified atom stereocenters. The summed E-state index contributed by atoms with van der Waals surface area (Å²) in [4.78, 5) is 21.9. The molecule has 7 heteroatoms. The van der Waals surface area contributed by atoms with E-state index in [1.807, 2.05) is 36.4 Å². The van der Waals surface area contributed by atoms with E-state index in [2.05, 4.69) is 239 Å². The van der Waals surface area contributed by atoms with E-state index >= 15 is 0 Å². The van der Waals surface area contributed by atoms with Crippen LogP contribution in [0.1, 0.15) is 67.1 Å². The van der Waals surface area contributed by atoms with E-state index in [4.69, 9.17) is 19.8 Å². The van der Waals surface area contributed by atoms with Crippen molar-refractivity contribution in [1.29, 1.82) is 0 Å². The Labute approximate surface area is 499 Å². The monoisotopic (exact) mass is 1110 g/mol. The number of aryl methyl sites for hydroxylation is 8. The lowest BCUT2D eigenvalue weighted by atomic mass is 9.82. The second-order valence-electron chi connectivity index (χ2n) is 24.1. The Morgan fingerprint density at radius 3 is 0.977 bits per heavy atom. The van der Waals surface area contributed by atoms with Gasteiger partial charge < -0.3 is 13.7 Å². The Morgan fingerprint density at radius 2 is 0.628 bits per heavy atom. The van der Waals surface area contributed by atoms with Crippen LogP contribution in [-0.4, -0.2) is 28.7 Å². The van der Waals surface area contributed by atoms with Gasteiger partial charge in [0.05, 0.1) is 56.7 Å². The molecule has 0 saturated carbocycles. The van der Waals surface area contributed by atoms with Gasteiger partial charge >= 0.3 is 0 Å². The first-order valence-electron chi connectivity index (χ1n) is 29.6. The smallest absolute Gasteiger partial charge is 0.223 e. The van der Waals surface area contributed by atoms with Gasteiger partial charge in [-0.25, -0.2) is 19.8 Å². The van der Waals surface area contributed by atoms with Crippen LogP contribution in [0.4, 0.5) is 5.69 Å². The number of fused-ring (bicyclic) bond motifs is 12. The van der Waals surface area contributed by atoms with Crippen molar-refractivity contribution in [2.75, 3.05) is 0 Å². The van der Waals surface area contributed by atoms with Gasteiger partial charge in [-0.1, -0.05) is 178 Å². The van der Waals surface area contributed by atoms with Crippen LogP contribution < -0.4 is 0 Å². The third-order valence-electron chi connectivity index (χ3n) is 18.0. The molecule has 410 valence electrons. The van der Waals surface area contributed by atoms with Crippen LogP contribution in [-0.2, 0) is 0 Å². The van der Waals surface area contributed by atoms with Gasteiger partial charge in [-0.15, -0.1) is 0 Å². The van der Waals surface area contributed by atoms with Gasteiger partial charge in [0.25, 0.3) is 0 Å². The first-order chi connectivity index (χ1) is 41.9. The minimum Gasteiger partial charge on any atom is -0.317 e. The SMILES string of the molecule is [C-]#[N+]c1c(-c2nc(-c3ccccc3)nc(-c3ccccc3)n2)c(C2c3ccc(C)cc3-c3cc(C)ccc32)c(-n2c3ccc(C)cc3c3cc(C)ccc32)c(-n2c3ccc(C)cc3c3cc(C)ccc32)c1-n1c2ccc(C)cc2c2cc(C)ccc21. The van der Waals surface area contributed by atoms with Gasteiger partial charge in [-0.2, -0.15) is 0 Å². The molecule has 4 aromatic heterocycles. The standard InChI is InChI=1S/C79H59N7/c1-44-20-28-54-56(36-44)57-37-45(2)21-29-55(57)70(54)71-72(79-82-77(52-16-12-10-13-17-52)81-78(83-79)53-18-14-11-15-19-53)73(80-9)75(85-66-32-24-48(5)40-60(66)61-41-49(6)25-33-67(61)85)76(86-68-34-26-50(7)42-62(68)63-43-51(8)27-35-69(63)86)74(71)84-64-30-22-46(3)38-58(64)59-39-47(4)23-31-65(59)84/h10-43,70H,1-8H3. The molecule has 15 aromatic rings. The van der Waals surface area contributed by atoms with Crippen LogP contribution in [0.15, 0.2) is 206 Å². The number of nitrogens with zero attached hydrogens (tertiary/aromatic N) is 7. The van der Waals surface area contributed by atoms with Gasteiger partial charge in [-0.05, 0) is 156 Å². The van der Waals surface area contributed by atoms with E-state index in [-0.39, 0.29) is 0 Å². The van der Waals surface area contributed by atoms with E-state index in [0.29, 0.717) is 28.7 Å². The summed E-state index contributed by atoms with van der Waals surface area (Å²) < 4.78 is 7.47. The van der Waals surface area contributed by atoms with Gasteiger partial charge in [0.2, 0.25) is 5.69 Å². The molecule has 1 aliphatic carbocycles. The van der Waals surface area contributed by atoms with Crippen LogP contribution >= 0.6 is 0 Å². The van der Waals surface area contributed by atoms with Gasteiger partial charge in [0.15, 0.2) is 17.5 Å². The van der Waals surface area contributed by atoms with Crippen molar-refractivity contribution < 1.29 is 0 Å². The molecule has 0 N–H and O–H groups in total. The fourth-order valence-corrected chi connectivity index (χ4v) is 14.2. The summed E-state index contributed by atoms with van der Waals surface area (Å²) in [6, 6.07) is 75.5. The topological polar surface area (TPSA) is 57.8 Å². The molecule has 11 aromatic carbocycles. The highest BCUT2D eigenvalue weighted by Gasteiger charge is 2.41. The van der Waals surface area contributed by atoms with Crippen LogP contribution in [0.2, 0.25) is 0 Å². The molecule has 0 aliphatic heterocycles. The maximum atomic E-state index is 10.3. The number of aromatic nitrogens is 6. The molecule has 1 aliphatic rings. The lowest BCUT2D eigenvalue weighted by Crippen LogP contribution is -2.17. The highest BCUT2D eigenvalue weighted by molar-refractivity contribution is 6.16. The Morgan fingerprint density at radius 1 is 0.326 bits per heavy atom. The Kier molecular flexibility index (Phi) is 11.4. The second-order valence-corrected chi connectivity index (χ2v) is 24.1.